The van der Waals surface area contributed by atoms with Crippen LogP contribution in [0.1, 0.15) is 28.5 Å². The van der Waals surface area contributed by atoms with Crippen molar-refractivity contribution in [1.82, 2.24) is 9.62 Å². The highest BCUT2D eigenvalue weighted by Crippen LogP contribution is 2.31. The molecule has 0 atom stereocenters. The first-order chi connectivity index (χ1) is 11.4. The molecule has 2 heterocycles. The molecular formula is C17H20N2O3S2. The topological polar surface area (TPSA) is 66.5 Å². The van der Waals surface area contributed by atoms with Gasteiger partial charge in [-0.3, -0.25) is 4.79 Å². The highest BCUT2D eigenvalue weighted by Gasteiger charge is 2.25. The number of hydrogen-bond acceptors (Lipinski definition) is 4. The van der Waals surface area contributed by atoms with Crippen molar-refractivity contribution in [3.05, 3.63) is 51.9 Å². The molecule has 7 heteroatoms. The van der Waals surface area contributed by atoms with Crippen molar-refractivity contribution in [2.75, 3.05) is 6.54 Å². The number of amides is 1. The fourth-order valence-electron chi connectivity index (χ4n) is 2.76. The molecule has 1 aliphatic heterocycles. The number of fused-ring (bicyclic) bond motifs is 1. The summed E-state index contributed by atoms with van der Waals surface area (Å²) in [5.74, 6) is 0.0222. The Kier molecular flexibility index (Phi) is 4.76. The van der Waals surface area contributed by atoms with Crippen LogP contribution in [0.15, 0.2) is 34.5 Å². The number of rotatable bonds is 4. The SMILES string of the molecule is CC(=O)N1CCc2sc(S(=O)(=O)NCc3ccccc3C)cc2C1. The van der Waals surface area contributed by atoms with Crippen molar-refractivity contribution in [2.24, 2.45) is 0 Å². The molecule has 0 spiro atoms. The van der Waals surface area contributed by atoms with E-state index < -0.39 is 10.0 Å². The zero-order valence-corrected chi connectivity index (χ0v) is 15.3. The second-order valence-electron chi connectivity index (χ2n) is 5.96. The van der Waals surface area contributed by atoms with Crippen molar-refractivity contribution < 1.29 is 13.2 Å². The van der Waals surface area contributed by atoms with E-state index >= 15 is 0 Å². The molecule has 0 radical (unpaired) electrons. The standard InChI is InChI=1S/C17H20N2O3S2/c1-12-5-3-4-6-14(12)10-18-24(21,22)17-9-15-11-19(13(2)20)8-7-16(15)23-17/h3-6,9,18H,7-8,10-11H2,1-2H3. The molecule has 128 valence electrons. The van der Waals surface area contributed by atoms with Crippen molar-refractivity contribution in [2.45, 2.75) is 37.6 Å². The highest BCUT2D eigenvalue weighted by atomic mass is 32.2. The van der Waals surface area contributed by atoms with E-state index in [0.717, 1.165) is 21.6 Å². The molecular weight excluding hydrogens is 344 g/mol. The molecule has 1 aromatic carbocycles. The van der Waals surface area contributed by atoms with Gasteiger partial charge in [-0.25, -0.2) is 13.1 Å². The first kappa shape index (κ1) is 17.1. The fraction of sp³-hybridized carbons (Fsp3) is 0.353. The van der Waals surface area contributed by atoms with E-state index in [1.54, 1.807) is 17.9 Å². The van der Waals surface area contributed by atoms with Crippen LogP contribution in [0.3, 0.4) is 0 Å². The van der Waals surface area contributed by atoms with E-state index in [4.69, 9.17) is 0 Å². The monoisotopic (exact) mass is 364 g/mol. The summed E-state index contributed by atoms with van der Waals surface area (Å²) >= 11 is 1.31. The van der Waals surface area contributed by atoms with Gasteiger partial charge in [-0.2, -0.15) is 0 Å². The Bertz CT molecular complexity index is 872. The number of nitrogens with zero attached hydrogens (tertiary/aromatic N) is 1. The van der Waals surface area contributed by atoms with Gasteiger partial charge < -0.3 is 4.90 Å². The van der Waals surface area contributed by atoms with Crippen LogP contribution in [0.2, 0.25) is 0 Å². The second kappa shape index (κ2) is 6.66. The first-order valence-electron chi connectivity index (χ1n) is 7.78. The van der Waals surface area contributed by atoms with Gasteiger partial charge in [0, 0.05) is 31.4 Å². The number of aryl methyl sites for hydroxylation is 1. The minimum absolute atomic E-state index is 0.0222. The molecule has 0 fully saturated rings. The van der Waals surface area contributed by atoms with Crippen LogP contribution in [0.25, 0.3) is 0 Å². The molecule has 1 aromatic heterocycles. The smallest absolute Gasteiger partial charge is 0.250 e. The lowest BCUT2D eigenvalue weighted by Gasteiger charge is -2.25. The number of carbonyl (C=O) groups is 1. The first-order valence-corrected chi connectivity index (χ1v) is 10.1. The van der Waals surface area contributed by atoms with E-state index in [0.29, 0.717) is 23.7 Å². The van der Waals surface area contributed by atoms with Crippen LogP contribution in [0.4, 0.5) is 0 Å². The third-order valence-electron chi connectivity index (χ3n) is 4.27. The van der Waals surface area contributed by atoms with Crippen LogP contribution in [-0.4, -0.2) is 25.8 Å². The maximum atomic E-state index is 12.6. The quantitative estimate of drug-likeness (QED) is 0.906. The summed E-state index contributed by atoms with van der Waals surface area (Å²) in [6.45, 7) is 4.92. The number of sulfonamides is 1. The summed E-state index contributed by atoms with van der Waals surface area (Å²) in [5.41, 5.74) is 2.96. The Hall–Kier alpha value is -1.70. The number of thiophene rings is 1. The molecule has 2 aromatic rings. The van der Waals surface area contributed by atoms with Gasteiger partial charge in [-0.05, 0) is 36.1 Å². The zero-order chi connectivity index (χ0) is 17.3. The summed E-state index contributed by atoms with van der Waals surface area (Å²) in [5, 5.41) is 0. The van der Waals surface area contributed by atoms with Crippen LogP contribution >= 0.6 is 11.3 Å². The van der Waals surface area contributed by atoms with Gasteiger partial charge in [0.15, 0.2) is 0 Å². The zero-order valence-electron chi connectivity index (χ0n) is 13.7. The highest BCUT2D eigenvalue weighted by molar-refractivity contribution is 7.91. The van der Waals surface area contributed by atoms with E-state index in [-0.39, 0.29) is 12.5 Å². The summed E-state index contributed by atoms with van der Waals surface area (Å²) < 4.78 is 28.1. The molecule has 1 aliphatic rings. The van der Waals surface area contributed by atoms with Gasteiger partial charge in [-0.15, -0.1) is 11.3 Å². The van der Waals surface area contributed by atoms with Crippen LogP contribution < -0.4 is 4.72 Å². The van der Waals surface area contributed by atoms with Crippen LogP contribution in [-0.2, 0) is 34.3 Å². The van der Waals surface area contributed by atoms with E-state index in [1.807, 2.05) is 31.2 Å². The lowest BCUT2D eigenvalue weighted by Crippen LogP contribution is -2.33. The average Bonchev–Trinajstić information content (AvgIpc) is 2.98. The summed E-state index contributed by atoms with van der Waals surface area (Å²) in [4.78, 5) is 14.3. The number of nitrogens with one attached hydrogen (secondary N) is 1. The molecule has 0 bridgehead atoms. The molecule has 0 aliphatic carbocycles. The third kappa shape index (κ3) is 3.53. The second-order valence-corrected chi connectivity index (χ2v) is 9.09. The molecule has 0 unspecified atom stereocenters. The van der Waals surface area contributed by atoms with Crippen LogP contribution in [0.5, 0.6) is 0 Å². The minimum Gasteiger partial charge on any atom is -0.338 e. The normalized spacial score (nSPS) is 14.5. The largest absolute Gasteiger partial charge is 0.338 e. The molecule has 1 N–H and O–H groups in total. The average molecular weight is 364 g/mol. The van der Waals surface area contributed by atoms with E-state index in [2.05, 4.69) is 4.72 Å². The molecule has 1 amide bonds. The predicted octanol–water partition coefficient (Wildman–Crippen LogP) is 2.44. The van der Waals surface area contributed by atoms with E-state index in [9.17, 15) is 13.2 Å². The molecule has 5 nitrogen and oxygen atoms in total. The summed E-state index contributed by atoms with van der Waals surface area (Å²) in [6, 6.07) is 9.42. The molecule has 24 heavy (non-hydrogen) atoms. The number of hydrogen-bond donors (Lipinski definition) is 1. The number of benzene rings is 1. The van der Waals surface area contributed by atoms with Crippen LogP contribution in [0, 0.1) is 6.92 Å². The fourth-order valence-corrected chi connectivity index (χ4v) is 5.35. The Balaban J connectivity index is 1.77. The molecule has 0 saturated carbocycles. The molecule has 0 saturated heterocycles. The maximum Gasteiger partial charge on any atom is 0.250 e. The molecule has 3 rings (SSSR count). The lowest BCUT2D eigenvalue weighted by molar-refractivity contribution is -0.129. The van der Waals surface area contributed by atoms with Gasteiger partial charge >= 0.3 is 0 Å². The van der Waals surface area contributed by atoms with Crippen molar-refractivity contribution in [3.8, 4) is 0 Å². The lowest BCUT2D eigenvalue weighted by atomic mass is 10.1. The summed E-state index contributed by atoms with van der Waals surface area (Å²) in [6.07, 6.45) is 0.715. The summed E-state index contributed by atoms with van der Waals surface area (Å²) in [7, 11) is -3.54. The Morgan fingerprint density at radius 1 is 1.33 bits per heavy atom. The third-order valence-corrected chi connectivity index (χ3v) is 7.38. The van der Waals surface area contributed by atoms with Gasteiger partial charge in [-0.1, -0.05) is 24.3 Å². The maximum absolute atomic E-state index is 12.6. The number of carbonyl (C=O) groups excluding carboxylic acids is 1. The van der Waals surface area contributed by atoms with Crippen molar-refractivity contribution in [3.63, 3.8) is 0 Å². The van der Waals surface area contributed by atoms with Crippen molar-refractivity contribution >= 4 is 27.3 Å². The van der Waals surface area contributed by atoms with Gasteiger partial charge in [0.1, 0.15) is 4.21 Å². The van der Waals surface area contributed by atoms with Gasteiger partial charge in [0.05, 0.1) is 0 Å². The van der Waals surface area contributed by atoms with Gasteiger partial charge in [0.25, 0.3) is 0 Å². The van der Waals surface area contributed by atoms with Crippen molar-refractivity contribution in [1.29, 1.82) is 0 Å². The Morgan fingerprint density at radius 3 is 2.79 bits per heavy atom. The van der Waals surface area contributed by atoms with Gasteiger partial charge in [0.2, 0.25) is 15.9 Å². The minimum atomic E-state index is -3.54. The van der Waals surface area contributed by atoms with E-state index in [1.165, 1.54) is 11.3 Å². The Morgan fingerprint density at radius 2 is 2.08 bits per heavy atom. The Labute approximate surface area is 146 Å². The predicted molar refractivity (Wildman–Crippen MR) is 94.3 cm³/mol.